The van der Waals surface area contributed by atoms with Crippen LogP contribution in [0.15, 0.2) is 30.3 Å². The van der Waals surface area contributed by atoms with Crippen molar-refractivity contribution < 1.29 is 14.2 Å². The lowest BCUT2D eigenvalue weighted by Gasteiger charge is -2.16. The van der Waals surface area contributed by atoms with E-state index in [9.17, 15) is 0 Å². The van der Waals surface area contributed by atoms with Gasteiger partial charge in [0.15, 0.2) is 6.29 Å². The smallest absolute Gasteiger partial charge is 0.157 e. The number of rotatable bonds is 10. The van der Waals surface area contributed by atoms with Gasteiger partial charge in [0, 0.05) is 26.2 Å². The molecule has 0 heterocycles. The Balaban J connectivity index is 2.06. The molecular formula is C15H24O3. The Kier molecular flexibility index (Phi) is 8.47. The highest BCUT2D eigenvalue weighted by Gasteiger charge is 2.06. The summed E-state index contributed by atoms with van der Waals surface area (Å²) in [5.41, 5.74) is 1.21. The zero-order chi connectivity index (χ0) is 13.1. The molecule has 0 bridgehead atoms. The van der Waals surface area contributed by atoms with Crippen LogP contribution in [0.1, 0.15) is 32.3 Å². The van der Waals surface area contributed by atoms with E-state index >= 15 is 0 Å². The Morgan fingerprint density at radius 1 is 1.00 bits per heavy atom. The van der Waals surface area contributed by atoms with Crippen LogP contribution in [-0.4, -0.2) is 26.1 Å². The monoisotopic (exact) mass is 252 g/mol. The van der Waals surface area contributed by atoms with E-state index in [1.54, 1.807) is 0 Å². The van der Waals surface area contributed by atoms with Crippen molar-refractivity contribution in [1.82, 2.24) is 0 Å². The van der Waals surface area contributed by atoms with Crippen molar-refractivity contribution in [3.8, 4) is 0 Å². The zero-order valence-electron chi connectivity index (χ0n) is 11.4. The van der Waals surface area contributed by atoms with Gasteiger partial charge in [-0.15, -0.1) is 0 Å². The number of hydrogen-bond acceptors (Lipinski definition) is 3. The second kappa shape index (κ2) is 10.1. The van der Waals surface area contributed by atoms with Crippen LogP contribution in [0.2, 0.25) is 0 Å². The molecule has 102 valence electrons. The number of benzene rings is 1. The minimum atomic E-state index is -0.0830. The maximum absolute atomic E-state index is 5.62. The lowest BCUT2D eigenvalue weighted by Crippen LogP contribution is -2.17. The van der Waals surface area contributed by atoms with Crippen LogP contribution in [0.4, 0.5) is 0 Å². The van der Waals surface area contributed by atoms with E-state index in [2.05, 4.69) is 12.1 Å². The van der Waals surface area contributed by atoms with Gasteiger partial charge in [-0.05, 0) is 25.8 Å². The molecule has 0 aliphatic heterocycles. The molecule has 0 aromatic heterocycles. The molecule has 0 radical (unpaired) electrons. The van der Waals surface area contributed by atoms with Gasteiger partial charge in [-0.3, -0.25) is 0 Å². The highest BCUT2D eigenvalue weighted by Crippen LogP contribution is 2.06. The Morgan fingerprint density at radius 3 is 2.28 bits per heavy atom. The van der Waals surface area contributed by atoms with E-state index in [1.807, 2.05) is 32.0 Å². The molecule has 3 heteroatoms. The number of ether oxygens (including phenoxy) is 3. The Bertz CT molecular complexity index is 281. The zero-order valence-corrected chi connectivity index (χ0v) is 11.4. The molecule has 0 saturated heterocycles. The molecular weight excluding hydrogens is 228 g/mol. The quantitative estimate of drug-likeness (QED) is 0.472. The van der Waals surface area contributed by atoms with Gasteiger partial charge in [-0.25, -0.2) is 0 Å². The topological polar surface area (TPSA) is 27.7 Å². The molecule has 0 amide bonds. The first-order valence-corrected chi connectivity index (χ1v) is 6.71. The Hall–Kier alpha value is -0.900. The van der Waals surface area contributed by atoms with Gasteiger partial charge in [0.25, 0.3) is 0 Å². The lowest BCUT2D eigenvalue weighted by molar-refractivity contribution is -0.141. The summed E-state index contributed by atoms with van der Waals surface area (Å²) in [6.45, 7) is 6.77. The fraction of sp³-hybridized carbons (Fsp3) is 0.600. The van der Waals surface area contributed by atoms with Crippen LogP contribution in [-0.2, 0) is 20.8 Å². The first-order valence-electron chi connectivity index (χ1n) is 6.71. The minimum Gasteiger partial charge on any atom is -0.377 e. The predicted molar refractivity (Wildman–Crippen MR) is 72.4 cm³/mol. The highest BCUT2D eigenvalue weighted by atomic mass is 16.7. The second-order valence-electron chi connectivity index (χ2n) is 4.02. The van der Waals surface area contributed by atoms with E-state index in [1.165, 1.54) is 5.56 Å². The van der Waals surface area contributed by atoms with Gasteiger partial charge in [0.1, 0.15) is 0 Å². The first-order chi connectivity index (χ1) is 8.86. The predicted octanol–water partition coefficient (Wildman–Crippen LogP) is 3.38. The second-order valence-corrected chi connectivity index (χ2v) is 4.02. The average molecular weight is 252 g/mol. The molecule has 0 atom stereocenters. The molecule has 1 aromatic rings. The third-order valence-corrected chi connectivity index (χ3v) is 2.55. The van der Waals surface area contributed by atoms with Crippen LogP contribution in [0.3, 0.4) is 0 Å². The van der Waals surface area contributed by atoms with Gasteiger partial charge >= 0.3 is 0 Å². The van der Waals surface area contributed by atoms with Crippen molar-refractivity contribution in [2.45, 2.75) is 39.6 Å². The van der Waals surface area contributed by atoms with Gasteiger partial charge in [-0.1, -0.05) is 30.3 Å². The maximum Gasteiger partial charge on any atom is 0.157 e. The first kappa shape index (κ1) is 15.2. The van der Waals surface area contributed by atoms with Crippen molar-refractivity contribution in [2.24, 2.45) is 0 Å². The van der Waals surface area contributed by atoms with E-state index in [4.69, 9.17) is 14.2 Å². The van der Waals surface area contributed by atoms with Crippen molar-refractivity contribution in [2.75, 3.05) is 19.8 Å². The fourth-order valence-corrected chi connectivity index (χ4v) is 1.70. The van der Waals surface area contributed by atoms with Crippen LogP contribution in [0.5, 0.6) is 0 Å². The van der Waals surface area contributed by atoms with Crippen molar-refractivity contribution in [3.63, 3.8) is 0 Å². The molecule has 0 aliphatic carbocycles. The molecule has 0 N–H and O–H groups in total. The van der Waals surface area contributed by atoms with Crippen molar-refractivity contribution >= 4 is 0 Å². The molecule has 0 spiro atoms. The lowest BCUT2D eigenvalue weighted by atomic mass is 10.2. The standard InChI is InChI=1S/C15H24O3/c1-3-17-15(18-4-2)11-8-12-16-13-14-9-6-5-7-10-14/h5-7,9-10,15H,3-4,8,11-13H2,1-2H3. The van der Waals surface area contributed by atoms with Crippen LogP contribution < -0.4 is 0 Å². The molecule has 1 rings (SSSR count). The fourth-order valence-electron chi connectivity index (χ4n) is 1.70. The van der Waals surface area contributed by atoms with Gasteiger partial charge < -0.3 is 14.2 Å². The van der Waals surface area contributed by atoms with Crippen LogP contribution >= 0.6 is 0 Å². The Labute approximate surface area is 110 Å². The molecule has 1 aromatic carbocycles. The molecule has 0 unspecified atom stereocenters. The summed E-state index contributed by atoms with van der Waals surface area (Å²) in [5, 5.41) is 0. The largest absolute Gasteiger partial charge is 0.377 e. The minimum absolute atomic E-state index is 0.0830. The van der Waals surface area contributed by atoms with Crippen molar-refractivity contribution in [3.05, 3.63) is 35.9 Å². The van der Waals surface area contributed by atoms with Gasteiger partial charge in [0.2, 0.25) is 0 Å². The van der Waals surface area contributed by atoms with Gasteiger partial charge in [0.05, 0.1) is 6.61 Å². The summed E-state index contributed by atoms with van der Waals surface area (Å²) in [5.74, 6) is 0. The summed E-state index contributed by atoms with van der Waals surface area (Å²) >= 11 is 0. The summed E-state index contributed by atoms with van der Waals surface area (Å²) < 4.78 is 16.6. The molecule has 3 nitrogen and oxygen atoms in total. The summed E-state index contributed by atoms with van der Waals surface area (Å²) in [6, 6.07) is 10.2. The van der Waals surface area contributed by atoms with Crippen molar-refractivity contribution in [1.29, 1.82) is 0 Å². The third kappa shape index (κ3) is 6.74. The third-order valence-electron chi connectivity index (χ3n) is 2.55. The summed E-state index contributed by atoms with van der Waals surface area (Å²) in [4.78, 5) is 0. The summed E-state index contributed by atoms with van der Waals surface area (Å²) in [6.07, 6.45) is 1.76. The van der Waals surface area contributed by atoms with E-state index in [0.717, 1.165) is 19.4 Å². The summed E-state index contributed by atoms with van der Waals surface area (Å²) in [7, 11) is 0. The van der Waals surface area contributed by atoms with E-state index < -0.39 is 0 Å². The van der Waals surface area contributed by atoms with E-state index in [0.29, 0.717) is 19.8 Å². The average Bonchev–Trinajstić information content (AvgIpc) is 2.40. The normalized spacial score (nSPS) is 11.1. The Morgan fingerprint density at radius 2 is 1.67 bits per heavy atom. The SMILES string of the molecule is CCOC(CCCOCc1ccccc1)OCC. The molecule has 0 fully saturated rings. The highest BCUT2D eigenvalue weighted by molar-refractivity contribution is 5.13. The van der Waals surface area contributed by atoms with E-state index in [-0.39, 0.29) is 6.29 Å². The molecule has 0 saturated carbocycles. The number of hydrogen-bond donors (Lipinski definition) is 0. The van der Waals surface area contributed by atoms with Gasteiger partial charge in [-0.2, -0.15) is 0 Å². The molecule has 18 heavy (non-hydrogen) atoms. The van der Waals surface area contributed by atoms with Crippen LogP contribution in [0.25, 0.3) is 0 Å². The van der Waals surface area contributed by atoms with Crippen LogP contribution in [0, 0.1) is 0 Å². The molecule has 0 aliphatic rings. The maximum atomic E-state index is 5.62.